The van der Waals surface area contributed by atoms with Crippen LogP contribution in [-0.2, 0) is 11.2 Å². The second-order valence-electron chi connectivity index (χ2n) is 7.15. The van der Waals surface area contributed by atoms with Crippen LogP contribution in [0, 0.1) is 0 Å². The fourth-order valence-corrected chi connectivity index (χ4v) is 3.33. The summed E-state index contributed by atoms with van der Waals surface area (Å²) in [6, 6.07) is 21.5. The molecule has 0 radical (unpaired) electrons. The van der Waals surface area contributed by atoms with Crippen LogP contribution in [0.5, 0.6) is 0 Å². The average Bonchev–Trinajstić information content (AvgIpc) is 3.24. The van der Waals surface area contributed by atoms with Crippen LogP contribution in [0.3, 0.4) is 0 Å². The molecule has 4 rings (SSSR count). The van der Waals surface area contributed by atoms with Gasteiger partial charge in [-0.1, -0.05) is 59.8 Å². The van der Waals surface area contributed by atoms with Crippen molar-refractivity contribution < 1.29 is 9.59 Å². The quantitative estimate of drug-likeness (QED) is 0.520. The highest BCUT2D eigenvalue weighted by Crippen LogP contribution is 2.18. The Morgan fingerprint density at radius 3 is 2.47 bits per heavy atom. The number of carbonyl (C=O) groups excluding carboxylic acids is 2. The molecule has 0 aliphatic heterocycles. The van der Waals surface area contributed by atoms with Gasteiger partial charge in [-0.15, -0.1) is 5.10 Å². The van der Waals surface area contributed by atoms with Gasteiger partial charge in [-0.2, -0.15) is 0 Å². The number of hydrogen-bond acceptors (Lipinski definition) is 4. The van der Waals surface area contributed by atoms with Crippen molar-refractivity contribution in [3.63, 3.8) is 0 Å². The minimum atomic E-state index is -0.624. The van der Waals surface area contributed by atoms with E-state index in [1.165, 1.54) is 10.9 Å². The molecule has 150 valence electrons. The van der Waals surface area contributed by atoms with Crippen LogP contribution < -0.4 is 11.1 Å². The van der Waals surface area contributed by atoms with Crippen molar-refractivity contribution in [3.8, 4) is 5.69 Å². The zero-order chi connectivity index (χ0) is 21.1. The molecule has 0 saturated heterocycles. The van der Waals surface area contributed by atoms with Crippen molar-refractivity contribution in [2.45, 2.75) is 19.4 Å². The van der Waals surface area contributed by atoms with Crippen molar-refractivity contribution in [2.24, 2.45) is 5.73 Å². The normalized spacial score (nSPS) is 11.9. The largest absolute Gasteiger partial charge is 0.364 e. The fourth-order valence-electron chi connectivity index (χ4n) is 3.33. The maximum atomic E-state index is 12.5. The number of primary amides is 1. The molecule has 3 N–H and O–H groups in total. The van der Waals surface area contributed by atoms with Crippen molar-refractivity contribution in [1.29, 1.82) is 0 Å². The molecule has 0 unspecified atom stereocenters. The number of nitrogens with two attached hydrogens (primary N) is 1. The monoisotopic (exact) mass is 399 g/mol. The smallest absolute Gasteiger partial charge is 0.270 e. The summed E-state index contributed by atoms with van der Waals surface area (Å²) in [5.41, 5.74) is 7.99. The number of benzene rings is 3. The summed E-state index contributed by atoms with van der Waals surface area (Å²) in [4.78, 5) is 23.7. The molecular weight excluding hydrogens is 378 g/mol. The molecular formula is C23H21N5O2. The third-order valence-corrected chi connectivity index (χ3v) is 4.96. The van der Waals surface area contributed by atoms with Gasteiger partial charge in [0.1, 0.15) is 0 Å². The Hall–Kier alpha value is -4.00. The number of fused-ring (bicyclic) bond motifs is 1. The Bertz CT molecular complexity index is 1210. The van der Waals surface area contributed by atoms with E-state index in [4.69, 9.17) is 5.73 Å². The first-order chi connectivity index (χ1) is 14.5. The first kappa shape index (κ1) is 19.3. The number of aromatic nitrogens is 3. The fraction of sp³-hybridized carbons (Fsp3) is 0.130. The highest BCUT2D eigenvalue weighted by molar-refractivity contribution is 5.90. The minimum Gasteiger partial charge on any atom is -0.364 e. The SMILES string of the molecule is C[C@@H](NC(=O)Cc1ccc2ccccc2c1)c1ccc(-n2cc(C(N)=O)nn2)cc1. The summed E-state index contributed by atoms with van der Waals surface area (Å²) in [7, 11) is 0. The predicted molar refractivity (Wildman–Crippen MR) is 114 cm³/mol. The van der Waals surface area contributed by atoms with Gasteiger partial charge in [-0.3, -0.25) is 9.59 Å². The molecule has 0 fully saturated rings. The average molecular weight is 399 g/mol. The van der Waals surface area contributed by atoms with Gasteiger partial charge in [-0.05, 0) is 41.0 Å². The lowest BCUT2D eigenvalue weighted by atomic mass is 10.0. The number of nitrogens with zero attached hydrogens (tertiary/aromatic N) is 3. The summed E-state index contributed by atoms with van der Waals surface area (Å²) >= 11 is 0. The highest BCUT2D eigenvalue weighted by atomic mass is 16.2. The molecule has 1 aromatic heterocycles. The summed E-state index contributed by atoms with van der Waals surface area (Å²) < 4.78 is 1.48. The van der Waals surface area contributed by atoms with Gasteiger partial charge in [0.25, 0.3) is 5.91 Å². The Labute approximate surface area is 173 Å². The van der Waals surface area contributed by atoms with E-state index in [0.717, 1.165) is 27.6 Å². The summed E-state index contributed by atoms with van der Waals surface area (Å²) in [6.07, 6.45) is 1.80. The lowest BCUT2D eigenvalue weighted by Crippen LogP contribution is -2.28. The van der Waals surface area contributed by atoms with Gasteiger partial charge in [0.2, 0.25) is 5.91 Å². The van der Waals surface area contributed by atoms with Crippen molar-refractivity contribution in [3.05, 3.63) is 89.7 Å². The van der Waals surface area contributed by atoms with Gasteiger partial charge < -0.3 is 11.1 Å². The van der Waals surface area contributed by atoms with Gasteiger partial charge in [0.05, 0.1) is 24.3 Å². The van der Waals surface area contributed by atoms with Gasteiger partial charge in [-0.25, -0.2) is 4.68 Å². The molecule has 2 amide bonds. The van der Waals surface area contributed by atoms with Gasteiger partial charge >= 0.3 is 0 Å². The summed E-state index contributed by atoms with van der Waals surface area (Å²) in [5, 5.41) is 12.9. The zero-order valence-electron chi connectivity index (χ0n) is 16.4. The lowest BCUT2D eigenvalue weighted by molar-refractivity contribution is -0.121. The Balaban J connectivity index is 1.40. The third kappa shape index (κ3) is 4.20. The van der Waals surface area contributed by atoms with Gasteiger partial charge in [0.15, 0.2) is 5.69 Å². The number of nitrogens with one attached hydrogen (secondary N) is 1. The maximum Gasteiger partial charge on any atom is 0.270 e. The van der Waals surface area contributed by atoms with Crippen LogP contribution in [0.15, 0.2) is 72.9 Å². The number of amides is 2. The highest BCUT2D eigenvalue weighted by Gasteiger charge is 2.12. The summed E-state index contributed by atoms with van der Waals surface area (Å²) in [5.74, 6) is -0.662. The zero-order valence-corrected chi connectivity index (χ0v) is 16.4. The van der Waals surface area contributed by atoms with Crippen molar-refractivity contribution in [2.75, 3.05) is 0 Å². The van der Waals surface area contributed by atoms with Crippen LogP contribution >= 0.6 is 0 Å². The van der Waals surface area contributed by atoms with E-state index in [-0.39, 0.29) is 17.6 Å². The van der Waals surface area contributed by atoms with E-state index in [1.807, 2.05) is 67.6 Å². The second-order valence-corrected chi connectivity index (χ2v) is 7.15. The molecule has 1 heterocycles. The van der Waals surface area contributed by atoms with Crippen molar-refractivity contribution in [1.82, 2.24) is 20.3 Å². The van der Waals surface area contributed by atoms with E-state index in [9.17, 15) is 9.59 Å². The molecule has 4 aromatic rings. The Morgan fingerprint density at radius 2 is 1.77 bits per heavy atom. The van der Waals surface area contributed by atoms with Crippen LogP contribution in [0.1, 0.15) is 34.6 Å². The maximum absolute atomic E-state index is 12.5. The Kier molecular flexibility index (Phi) is 5.26. The lowest BCUT2D eigenvalue weighted by Gasteiger charge is -2.15. The molecule has 7 heteroatoms. The number of hydrogen-bond donors (Lipinski definition) is 2. The standard InChI is InChI=1S/C23H21N5O2/c1-15(17-8-10-20(11-9-17)28-14-21(23(24)30)26-27-28)25-22(29)13-16-6-7-18-4-2-3-5-19(18)12-16/h2-12,14-15H,13H2,1H3,(H2,24,30)(H,25,29)/t15-/m1/s1. The van der Waals surface area contributed by atoms with E-state index in [1.54, 1.807) is 0 Å². The van der Waals surface area contributed by atoms with E-state index >= 15 is 0 Å². The van der Waals surface area contributed by atoms with Crippen LogP contribution in [0.2, 0.25) is 0 Å². The number of carbonyl (C=O) groups is 2. The molecule has 0 aliphatic carbocycles. The number of rotatable bonds is 6. The topological polar surface area (TPSA) is 103 Å². The second kappa shape index (κ2) is 8.16. The van der Waals surface area contributed by atoms with Crippen LogP contribution in [0.4, 0.5) is 0 Å². The molecule has 7 nitrogen and oxygen atoms in total. The molecule has 0 spiro atoms. The predicted octanol–water partition coefficient (Wildman–Crippen LogP) is 2.94. The molecule has 0 aliphatic rings. The van der Waals surface area contributed by atoms with Crippen molar-refractivity contribution >= 4 is 22.6 Å². The van der Waals surface area contributed by atoms with Crippen LogP contribution in [0.25, 0.3) is 16.5 Å². The van der Waals surface area contributed by atoms with E-state index < -0.39 is 5.91 Å². The first-order valence-electron chi connectivity index (χ1n) is 9.59. The molecule has 0 saturated carbocycles. The molecule has 0 bridgehead atoms. The molecule has 1 atom stereocenters. The van der Waals surface area contributed by atoms with Crippen LogP contribution in [-0.4, -0.2) is 26.8 Å². The van der Waals surface area contributed by atoms with E-state index in [0.29, 0.717) is 6.42 Å². The molecule has 30 heavy (non-hydrogen) atoms. The third-order valence-electron chi connectivity index (χ3n) is 4.96. The summed E-state index contributed by atoms with van der Waals surface area (Å²) in [6.45, 7) is 1.94. The first-order valence-corrected chi connectivity index (χ1v) is 9.59. The molecule has 3 aromatic carbocycles. The Morgan fingerprint density at radius 1 is 1.03 bits per heavy atom. The van der Waals surface area contributed by atoms with E-state index in [2.05, 4.69) is 21.7 Å². The minimum absolute atomic E-state index is 0.0377. The van der Waals surface area contributed by atoms with Gasteiger partial charge in [0, 0.05) is 0 Å².